The van der Waals surface area contributed by atoms with Crippen molar-refractivity contribution >= 4 is 17.5 Å². The molecular weight excluding hydrogens is 264 g/mol. The molecule has 2 amide bonds. The summed E-state index contributed by atoms with van der Waals surface area (Å²) in [5.74, 6) is -0.347. The zero-order valence-corrected chi connectivity index (χ0v) is 13.0. The number of rotatable bonds is 6. The number of carbonyl (C=O) groups is 2. The van der Waals surface area contributed by atoms with Crippen LogP contribution in [0.1, 0.15) is 37.3 Å². The summed E-state index contributed by atoms with van der Waals surface area (Å²) in [6, 6.07) is 5.96. The van der Waals surface area contributed by atoms with Crippen molar-refractivity contribution in [1.82, 2.24) is 5.32 Å². The number of anilines is 1. The fourth-order valence-electron chi connectivity index (χ4n) is 2.58. The van der Waals surface area contributed by atoms with Gasteiger partial charge in [-0.15, -0.1) is 0 Å². The van der Waals surface area contributed by atoms with E-state index in [1.54, 1.807) is 0 Å². The lowest BCUT2D eigenvalue weighted by molar-refractivity contribution is -0.125. The Morgan fingerprint density at radius 3 is 2.33 bits per heavy atom. The molecule has 4 heteroatoms. The van der Waals surface area contributed by atoms with Crippen molar-refractivity contribution in [2.75, 3.05) is 11.9 Å². The van der Waals surface area contributed by atoms with Crippen molar-refractivity contribution < 1.29 is 9.59 Å². The SMILES string of the molecule is CCCCNC(=O)C1CC1C(=O)Nc1cc(C)cc(C)c1. The summed E-state index contributed by atoms with van der Waals surface area (Å²) >= 11 is 0. The molecule has 2 unspecified atom stereocenters. The second-order valence-corrected chi connectivity index (χ2v) is 5.96. The summed E-state index contributed by atoms with van der Waals surface area (Å²) in [6.45, 7) is 6.80. The zero-order valence-electron chi connectivity index (χ0n) is 13.0. The normalized spacial score (nSPS) is 20.0. The highest BCUT2D eigenvalue weighted by molar-refractivity contribution is 5.99. The first kappa shape index (κ1) is 15.5. The van der Waals surface area contributed by atoms with Gasteiger partial charge in [0, 0.05) is 12.2 Å². The van der Waals surface area contributed by atoms with Gasteiger partial charge < -0.3 is 10.6 Å². The number of unbranched alkanes of at least 4 members (excludes halogenated alkanes) is 1. The molecule has 1 aromatic rings. The first-order valence-corrected chi connectivity index (χ1v) is 7.68. The highest BCUT2D eigenvalue weighted by atomic mass is 16.2. The number of benzene rings is 1. The molecule has 0 radical (unpaired) electrons. The van der Waals surface area contributed by atoms with Crippen LogP contribution in [-0.4, -0.2) is 18.4 Å². The first-order valence-electron chi connectivity index (χ1n) is 7.68. The van der Waals surface area contributed by atoms with E-state index in [-0.39, 0.29) is 23.7 Å². The minimum atomic E-state index is -0.174. The molecule has 1 aliphatic carbocycles. The maximum atomic E-state index is 12.2. The van der Waals surface area contributed by atoms with E-state index in [1.807, 2.05) is 26.0 Å². The van der Waals surface area contributed by atoms with Gasteiger partial charge in [0.1, 0.15) is 0 Å². The lowest BCUT2D eigenvalue weighted by Gasteiger charge is -2.07. The average Bonchev–Trinajstić information content (AvgIpc) is 3.17. The van der Waals surface area contributed by atoms with Gasteiger partial charge in [-0.3, -0.25) is 9.59 Å². The number of carbonyl (C=O) groups excluding carboxylic acids is 2. The summed E-state index contributed by atoms with van der Waals surface area (Å²) in [4.78, 5) is 24.0. The summed E-state index contributed by atoms with van der Waals surface area (Å²) in [7, 11) is 0. The summed E-state index contributed by atoms with van der Waals surface area (Å²) in [5.41, 5.74) is 3.06. The lowest BCUT2D eigenvalue weighted by Crippen LogP contribution is -2.28. The van der Waals surface area contributed by atoms with Crippen LogP contribution in [0, 0.1) is 25.7 Å². The molecule has 1 aromatic carbocycles. The van der Waals surface area contributed by atoms with Gasteiger partial charge in [-0.1, -0.05) is 19.4 Å². The molecular formula is C17H24N2O2. The standard InChI is InChI=1S/C17H24N2O2/c1-4-5-6-18-16(20)14-10-15(14)17(21)19-13-8-11(2)7-12(3)9-13/h7-9,14-15H,4-6,10H2,1-3H3,(H,18,20)(H,19,21). The second kappa shape index (κ2) is 6.74. The van der Waals surface area contributed by atoms with Crippen LogP contribution in [0.2, 0.25) is 0 Å². The number of aryl methyl sites for hydroxylation is 2. The lowest BCUT2D eigenvalue weighted by atomic mass is 10.1. The van der Waals surface area contributed by atoms with E-state index in [9.17, 15) is 9.59 Å². The van der Waals surface area contributed by atoms with Crippen molar-refractivity contribution in [2.24, 2.45) is 11.8 Å². The molecule has 114 valence electrons. The van der Waals surface area contributed by atoms with Crippen molar-refractivity contribution in [2.45, 2.75) is 40.0 Å². The molecule has 0 bridgehead atoms. The summed E-state index contributed by atoms with van der Waals surface area (Å²) in [5, 5.41) is 5.81. The summed E-state index contributed by atoms with van der Waals surface area (Å²) in [6.07, 6.45) is 2.70. The largest absolute Gasteiger partial charge is 0.356 e. The Kier molecular flexibility index (Phi) is 4.99. The molecule has 0 spiro atoms. The number of amides is 2. The van der Waals surface area contributed by atoms with Crippen molar-refractivity contribution in [3.8, 4) is 0 Å². The molecule has 0 heterocycles. The topological polar surface area (TPSA) is 58.2 Å². The molecule has 21 heavy (non-hydrogen) atoms. The van der Waals surface area contributed by atoms with Crippen LogP contribution in [0.25, 0.3) is 0 Å². The van der Waals surface area contributed by atoms with Crippen LogP contribution in [0.15, 0.2) is 18.2 Å². The van der Waals surface area contributed by atoms with Crippen LogP contribution in [0.5, 0.6) is 0 Å². The molecule has 0 saturated heterocycles. The van der Waals surface area contributed by atoms with Crippen LogP contribution in [-0.2, 0) is 9.59 Å². The molecule has 2 rings (SSSR count). The Morgan fingerprint density at radius 2 is 1.71 bits per heavy atom. The fourth-order valence-corrected chi connectivity index (χ4v) is 2.58. The van der Waals surface area contributed by atoms with Gasteiger partial charge >= 0.3 is 0 Å². The minimum Gasteiger partial charge on any atom is -0.356 e. The van der Waals surface area contributed by atoms with Crippen LogP contribution in [0.4, 0.5) is 5.69 Å². The summed E-state index contributed by atoms with van der Waals surface area (Å²) < 4.78 is 0. The first-order chi connectivity index (χ1) is 10.0. The number of nitrogens with one attached hydrogen (secondary N) is 2. The highest BCUT2D eigenvalue weighted by Gasteiger charge is 2.47. The third-order valence-electron chi connectivity index (χ3n) is 3.78. The van der Waals surface area contributed by atoms with Crippen LogP contribution < -0.4 is 10.6 Å². The molecule has 1 saturated carbocycles. The quantitative estimate of drug-likeness (QED) is 0.791. The maximum Gasteiger partial charge on any atom is 0.228 e. The smallest absolute Gasteiger partial charge is 0.228 e. The molecule has 4 nitrogen and oxygen atoms in total. The number of hydrogen-bond acceptors (Lipinski definition) is 2. The molecule has 0 aliphatic heterocycles. The van der Waals surface area contributed by atoms with Gasteiger partial charge in [0.15, 0.2) is 0 Å². The predicted octanol–water partition coefficient (Wildman–Crippen LogP) is 2.79. The minimum absolute atomic E-state index is 0.0176. The van der Waals surface area contributed by atoms with E-state index in [0.717, 1.165) is 29.7 Å². The zero-order chi connectivity index (χ0) is 15.4. The van der Waals surface area contributed by atoms with Crippen LogP contribution >= 0.6 is 0 Å². The van der Waals surface area contributed by atoms with Crippen molar-refractivity contribution in [1.29, 1.82) is 0 Å². The van der Waals surface area contributed by atoms with E-state index in [0.29, 0.717) is 13.0 Å². The van der Waals surface area contributed by atoms with E-state index in [4.69, 9.17) is 0 Å². The predicted molar refractivity (Wildman–Crippen MR) is 84.1 cm³/mol. The van der Waals surface area contributed by atoms with Gasteiger partial charge in [-0.25, -0.2) is 0 Å². The molecule has 2 N–H and O–H groups in total. The Bertz CT molecular complexity index is 519. The van der Waals surface area contributed by atoms with E-state index in [2.05, 4.69) is 23.6 Å². The van der Waals surface area contributed by atoms with Crippen molar-refractivity contribution in [3.63, 3.8) is 0 Å². The maximum absolute atomic E-state index is 12.2. The van der Waals surface area contributed by atoms with E-state index >= 15 is 0 Å². The van der Waals surface area contributed by atoms with Gasteiger partial charge in [-0.05, 0) is 49.9 Å². The highest BCUT2D eigenvalue weighted by Crippen LogP contribution is 2.39. The third kappa shape index (κ3) is 4.31. The van der Waals surface area contributed by atoms with Gasteiger partial charge in [0.25, 0.3) is 0 Å². The average molecular weight is 288 g/mol. The monoisotopic (exact) mass is 288 g/mol. The van der Waals surface area contributed by atoms with Crippen LogP contribution in [0.3, 0.4) is 0 Å². The Hall–Kier alpha value is -1.84. The molecule has 0 aromatic heterocycles. The number of hydrogen-bond donors (Lipinski definition) is 2. The molecule has 1 aliphatic rings. The third-order valence-corrected chi connectivity index (χ3v) is 3.78. The Labute approximate surface area is 126 Å². The fraction of sp³-hybridized carbons (Fsp3) is 0.529. The van der Waals surface area contributed by atoms with Gasteiger partial charge in [0.2, 0.25) is 11.8 Å². The Morgan fingerprint density at radius 1 is 1.10 bits per heavy atom. The van der Waals surface area contributed by atoms with Gasteiger partial charge in [0.05, 0.1) is 11.8 Å². The van der Waals surface area contributed by atoms with E-state index < -0.39 is 0 Å². The van der Waals surface area contributed by atoms with Gasteiger partial charge in [-0.2, -0.15) is 0 Å². The Balaban J connectivity index is 1.84. The van der Waals surface area contributed by atoms with Crippen molar-refractivity contribution in [3.05, 3.63) is 29.3 Å². The van der Waals surface area contributed by atoms with E-state index in [1.165, 1.54) is 0 Å². The second-order valence-electron chi connectivity index (χ2n) is 5.96. The molecule has 1 fully saturated rings. The molecule has 2 atom stereocenters.